The smallest absolute Gasteiger partial charge is 0.276 e. The zero-order valence-electron chi connectivity index (χ0n) is 9.87. The second-order valence-corrected chi connectivity index (χ2v) is 6.47. The first-order valence-corrected chi connectivity index (χ1v) is 7.32. The second kappa shape index (κ2) is 4.97. The molecule has 0 spiro atoms. The topological polar surface area (TPSA) is 140 Å². The maximum atomic E-state index is 11.3. The van der Waals surface area contributed by atoms with E-state index in [1.807, 2.05) is 0 Å². The van der Waals surface area contributed by atoms with Crippen LogP contribution < -0.4 is 16.6 Å². The van der Waals surface area contributed by atoms with Crippen LogP contribution in [0.5, 0.6) is 0 Å². The summed E-state index contributed by atoms with van der Waals surface area (Å²) in [6.07, 6.45) is 0.456. The summed E-state index contributed by atoms with van der Waals surface area (Å²) in [5, 5.41) is 13.6. The number of nitrogen functional groups attached to an aromatic ring is 1. The van der Waals surface area contributed by atoms with E-state index in [0.29, 0.717) is 6.42 Å². The molecule has 2 heterocycles. The first-order chi connectivity index (χ1) is 8.89. The third-order valence-electron chi connectivity index (χ3n) is 2.75. The van der Waals surface area contributed by atoms with Crippen molar-refractivity contribution in [2.24, 2.45) is 5.84 Å². The molecule has 0 saturated carbocycles. The molecule has 10 heteroatoms. The van der Waals surface area contributed by atoms with Gasteiger partial charge in [-0.05, 0) is 6.42 Å². The van der Waals surface area contributed by atoms with Crippen LogP contribution in [-0.2, 0) is 9.84 Å². The van der Waals surface area contributed by atoms with Gasteiger partial charge in [-0.2, -0.15) is 0 Å². The van der Waals surface area contributed by atoms with E-state index in [2.05, 4.69) is 15.7 Å². The van der Waals surface area contributed by atoms with E-state index in [9.17, 15) is 18.5 Å². The van der Waals surface area contributed by atoms with Gasteiger partial charge in [0.05, 0.1) is 28.6 Å². The number of hydrogen-bond acceptors (Lipinski definition) is 8. The van der Waals surface area contributed by atoms with Gasteiger partial charge >= 0.3 is 0 Å². The van der Waals surface area contributed by atoms with Crippen molar-refractivity contribution in [3.8, 4) is 0 Å². The molecule has 1 unspecified atom stereocenters. The number of nitrogens with two attached hydrogens (primary N) is 1. The summed E-state index contributed by atoms with van der Waals surface area (Å²) >= 11 is 0. The summed E-state index contributed by atoms with van der Waals surface area (Å²) in [4.78, 5) is 14.2. The predicted molar refractivity (Wildman–Crippen MR) is 69.4 cm³/mol. The number of sulfone groups is 1. The van der Waals surface area contributed by atoms with Gasteiger partial charge in [0.15, 0.2) is 9.84 Å². The summed E-state index contributed by atoms with van der Waals surface area (Å²) < 4.78 is 22.7. The summed E-state index contributed by atoms with van der Waals surface area (Å²) in [5.41, 5.74) is 2.06. The van der Waals surface area contributed by atoms with Crippen molar-refractivity contribution in [1.29, 1.82) is 0 Å². The van der Waals surface area contributed by atoms with Gasteiger partial charge in [0.2, 0.25) is 0 Å². The van der Waals surface area contributed by atoms with Crippen LogP contribution in [0.3, 0.4) is 0 Å². The molecule has 0 radical (unpaired) electrons. The molecule has 19 heavy (non-hydrogen) atoms. The Balaban J connectivity index is 2.20. The van der Waals surface area contributed by atoms with Crippen molar-refractivity contribution in [3.63, 3.8) is 0 Å². The van der Waals surface area contributed by atoms with Gasteiger partial charge in [0, 0.05) is 6.04 Å². The minimum Gasteiger partial charge on any atom is -0.366 e. The molecule has 0 aliphatic carbocycles. The Labute approximate surface area is 109 Å². The molecule has 1 saturated heterocycles. The summed E-state index contributed by atoms with van der Waals surface area (Å²) in [6, 6.07) is 2.15. The van der Waals surface area contributed by atoms with Gasteiger partial charge in [0.1, 0.15) is 11.6 Å². The molecule has 104 valence electrons. The Hall–Kier alpha value is -1.94. The largest absolute Gasteiger partial charge is 0.366 e. The van der Waals surface area contributed by atoms with E-state index >= 15 is 0 Å². The van der Waals surface area contributed by atoms with E-state index < -0.39 is 14.8 Å². The summed E-state index contributed by atoms with van der Waals surface area (Å²) in [7, 11) is -3.02. The van der Waals surface area contributed by atoms with E-state index in [-0.39, 0.29) is 34.9 Å². The van der Waals surface area contributed by atoms with Crippen LogP contribution in [0.15, 0.2) is 12.1 Å². The lowest BCUT2D eigenvalue weighted by Crippen LogP contribution is -2.21. The molecule has 0 amide bonds. The van der Waals surface area contributed by atoms with Crippen molar-refractivity contribution < 1.29 is 13.3 Å². The molecule has 1 atom stereocenters. The number of rotatable bonds is 4. The number of nitro groups is 1. The Morgan fingerprint density at radius 2 is 2.11 bits per heavy atom. The number of hydrogen-bond donors (Lipinski definition) is 3. The van der Waals surface area contributed by atoms with Crippen molar-refractivity contribution in [2.45, 2.75) is 12.5 Å². The van der Waals surface area contributed by atoms with Crippen molar-refractivity contribution in [1.82, 2.24) is 4.98 Å². The minimum atomic E-state index is -3.02. The first-order valence-electron chi connectivity index (χ1n) is 5.50. The van der Waals surface area contributed by atoms with Gasteiger partial charge in [0.25, 0.3) is 5.69 Å². The lowest BCUT2D eigenvalue weighted by atomic mass is 10.2. The Morgan fingerprint density at radius 3 is 2.63 bits per heavy atom. The highest BCUT2D eigenvalue weighted by atomic mass is 32.2. The predicted octanol–water partition coefficient (Wildman–Crippen LogP) is -0.126. The normalized spacial score (nSPS) is 21.0. The van der Waals surface area contributed by atoms with Crippen molar-refractivity contribution >= 4 is 27.2 Å². The average Bonchev–Trinajstić information content (AvgIpc) is 2.68. The standard InChI is InChI=1S/C9H13N5O4S/c10-13-9-4-7(14(15)16)3-8(12-9)11-6-1-2-19(17,18)5-6/h3-4,6H,1-2,5,10H2,(H2,11,12,13). The highest BCUT2D eigenvalue weighted by Gasteiger charge is 2.28. The highest BCUT2D eigenvalue weighted by Crippen LogP contribution is 2.22. The number of anilines is 2. The number of nitrogens with zero attached hydrogens (tertiary/aromatic N) is 2. The monoisotopic (exact) mass is 287 g/mol. The van der Waals surface area contributed by atoms with Crippen LogP contribution in [-0.4, -0.2) is 35.9 Å². The molecule has 9 nitrogen and oxygen atoms in total. The molecule has 1 aliphatic rings. The van der Waals surface area contributed by atoms with Gasteiger partial charge < -0.3 is 10.7 Å². The summed E-state index contributed by atoms with van der Waals surface area (Å²) in [6.45, 7) is 0. The van der Waals surface area contributed by atoms with Crippen LogP contribution in [0.1, 0.15) is 6.42 Å². The maximum absolute atomic E-state index is 11.3. The van der Waals surface area contributed by atoms with Gasteiger partial charge in [-0.25, -0.2) is 19.2 Å². The van der Waals surface area contributed by atoms with Gasteiger partial charge in [-0.15, -0.1) is 0 Å². The number of aromatic nitrogens is 1. The zero-order chi connectivity index (χ0) is 14.0. The fourth-order valence-electron chi connectivity index (χ4n) is 1.89. The van der Waals surface area contributed by atoms with E-state index in [4.69, 9.17) is 5.84 Å². The minimum absolute atomic E-state index is 0.00274. The van der Waals surface area contributed by atoms with E-state index in [0.717, 1.165) is 0 Å². The summed E-state index contributed by atoms with van der Waals surface area (Å²) in [5.74, 6) is 5.66. The Bertz CT molecular complexity index is 603. The van der Waals surface area contributed by atoms with Crippen LogP contribution in [0.2, 0.25) is 0 Å². The molecular formula is C9H13N5O4S. The fraction of sp³-hybridized carbons (Fsp3) is 0.444. The molecule has 0 bridgehead atoms. The maximum Gasteiger partial charge on any atom is 0.276 e. The van der Waals surface area contributed by atoms with Crippen molar-refractivity contribution in [3.05, 3.63) is 22.2 Å². The molecule has 4 N–H and O–H groups in total. The van der Waals surface area contributed by atoms with Crippen LogP contribution in [0, 0.1) is 10.1 Å². The van der Waals surface area contributed by atoms with Crippen LogP contribution in [0.4, 0.5) is 17.3 Å². The Morgan fingerprint density at radius 1 is 1.42 bits per heavy atom. The lowest BCUT2D eigenvalue weighted by Gasteiger charge is -2.12. The molecule has 1 aromatic rings. The van der Waals surface area contributed by atoms with Crippen LogP contribution in [0.25, 0.3) is 0 Å². The first kappa shape index (κ1) is 13.5. The highest BCUT2D eigenvalue weighted by molar-refractivity contribution is 7.91. The zero-order valence-corrected chi connectivity index (χ0v) is 10.7. The molecule has 1 aromatic heterocycles. The third-order valence-corrected chi connectivity index (χ3v) is 4.52. The lowest BCUT2D eigenvalue weighted by molar-refractivity contribution is -0.384. The molecular weight excluding hydrogens is 274 g/mol. The second-order valence-electron chi connectivity index (χ2n) is 4.24. The van der Waals surface area contributed by atoms with Crippen LogP contribution >= 0.6 is 0 Å². The number of pyridine rings is 1. The van der Waals surface area contributed by atoms with Gasteiger partial charge in [-0.1, -0.05) is 0 Å². The fourth-order valence-corrected chi connectivity index (χ4v) is 3.56. The quantitative estimate of drug-likeness (QED) is 0.395. The number of hydrazine groups is 1. The SMILES string of the molecule is NNc1cc([N+](=O)[O-])cc(NC2CCS(=O)(=O)C2)n1. The van der Waals surface area contributed by atoms with Crippen molar-refractivity contribution in [2.75, 3.05) is 22.2 Å². The molecule has 2 rings (SSSR count). The van der Waals surface area contributed by atoms with Gasteiger partial charge in [-0.3, -0.25) is 10.1 Å². The Kier molecular flexibility index (Phi) is 3.53. The van der Waals surface area contributed by atoms with E-state index in [1.54, 1.807) is 0 Å². The number of nitrogens with one attached hydrogen (secondary N) is 2. The molecule has 0 aromatic carbocycles. The molecule has 1 fully saturated rings. The molecule has 1 aliphatic heterocycles. The third kappa shape index (κ3) is 3.29. The average molecular weight is 287 g/mol. The van der Waals surface area contributed by atoms with E-state index in [1.165, 1.54) is 12.1 Å².